The van der Waals surface area contributed by atoms with Crippen LogP contribution in [0.2, 0.25) is 0 Å². The third-order valence-electron chi connectivity index (χ3n) is 4.07. The fraction of sp³-hybridized carbons (Fsp3) is 1.00. The molecule has 2 fully saturated rings. The van der Waals surface area contributed by atoms with Crippen molar-refractivity contribution < 1.29 is 5.11 Å². The van der Waals surface area contributed by atoms with E-state index in [0.29, 0.717) is 0 Å². The fourth-order valence-corrected chi connectivity index (χ4v) is 3.67. The SMILES string of the molecule is C[C@@H]1CN(C)C[C@]2(CCCCC2O)C1. The summed E-state index contributed by atoms with van der Waals surface area (Å²) in [5.74, 6) is 0.751. The molecule has 2 rings (SSSR count). The van der Waals surface area contributed by atoms with E-state index in [1.165, 1.54) is 32.2 Å². The Labute approximate surface area is 87.3 Å². The molecule has 2 nitrogen and oxygen atoms in total. The maximum Gasteiger partial charge on any atom is 0.0608 e. The van der Waals surface area contributed by atoms with E-state index in [1.807, 2.05) is 0 Å². The van der Waals surface area contributed by atoms with Gasteiger partial charge >= 0.3 is 0 Å². The molecule has 1 saturated heterocycles. The number of likely N-dealkylation sites (tertiary alicyclic amines) is 1. The van der Waals surface area contributed by atoms with E-state index < -0.39 is 0 Å². The molecule has 0 bridgehead atoms. The van der Waals surface area contributed by atoms with Crippen molar-refractivity contribution in [2.24, 2.45) is 11.3 Å². The summed E-state index contributed by atoms with van der Waals surface area (Å²) in [6, 6.07) is 0. The number of piperidine rings is 1. The van der Waals surface area contributed by atoms with Gasteiger partial charge in [-0.15, -0.1) is 0 Å². The Morgan fingerprint density at radius 2 is 2.14 bits per heavy atom. The zero-order valence-electron chi connectivity index (χ0n) is 9.50. The minimum Gasteiger partial charge on any atom is -0.393 e. The van der Waals surface area contributed by atoms with E-state index in [4.69, 9.17) is 0 Å². The topological polar surface area (TPSA) is 23.5 Å². The lowest BCUT2D eigenvalue weighted by Crippen LogP contribution is -2.52. The largest absolute Gasteiger partial charge is 0.393 e. The Kier molecular flexibility index (Phi) is 2.85. The lowest BCUT2D eigenvalue weighted by molar-refractivity contribution is -0.0681. The van der Waals surface area contributed by atoms with E-state index in [0.717, 1.165) is 18.9 Å². The highest BCUT2D eigenvalue weighted by molar-refractivity contribution is 4.95. The first-order valence-electron chi connectivity index (χ1n) is 5.99. The maximum absolute atomic E-state index is 10.2. The molecule has 2 aliphatic rings. The summed E-state index contributed by atoms with van der Waals surface area (Å²) >= 11 is 0. The van der Waals surface area contributed by atoms with Crippen LogP contribution in [0.25, 0.3) is 0 Å². The van der Waals surface area contributed by atoms with Crippen LogP contribution in [0, 0.1) is 11.3 Å². The van der Waals surface area contributed by atoms with Crippen LogP contribution in [0.5, 0.6) is 0 Å². The van der Waals surface area contributed by atoms with Crippen LogP contribution in [0.15, 0.2) is 0 Å². The van der Waals surface area contributed by atoms with Gasteiger partial charge in [0.1, 0.15) is 0 Å². The first-order valence-corrected chi connectivity index (χ1v) is 5.99. The molecule has 1 unspecified atom stereocenters. The highest BCUT2D eigenvalue weighted by Crippen LogP contribution is 2.44. The molecule has 0 radical (unpaired) electrons. The fourth-order valence-electron chi connectivity index (χ4n) is 3.67. The molecule has 1 saturated carbocycles. The van der Waals surface area contributed by atoms with Crippen LogP contribution in [0.3, 0.4) is 0 Å². The van der Waals surface area contributed by atoms with Crippen LogP contribution in [0.4, 0.5) is 0 Å². The number of nitrogens with zero attached hydrogens (tertiary/aromatic N) is 1. The van der Waals surface area contributed by atoms with E-state index in [2.05, 4.69) is 18.9 Å². The Hall–Kier alpha value is -0.0800. The van der Waals surface area contributed by atoms with Crippen molar-refractivity contribution in [3.8, 4) is 0 Å². The zero-order valence-corrected chi connectivity index (χ0v) is 9.50. The summed E-state index contributed by atoms with van der Waals surface area (Å²) in [5, 5.41) is 10.2. The smallest absolute Gasteiger partial charge is 0.0608 e. The average molecular weight is 197 g/mol. The van der Waals surface area contributed by atoms with Crippen LogP contribution in [-0.2, 0) is 0 Å². The Morgan fingerprint density at radius 1 is 1.36 bits per heavy atom. The minimum absolute atomic E-state index is 0.0403. The number of hydrogen-bond acceptors (Lipinski definition) is 2. The lowest BCUT2D eigenvalue weighted by atomic mass is 9.65. The van der Waals surface area contributed by atoms with Crippen molar-refractivity contribution in [3.05, 3.63) is 0 Å². The van der Waals surface area contributed by atoms with Gasteiger partial charge in [-0.3, -0.25) is 0 Å². The van der Waals surface area contributed by atoms with Crippen molar-refractivity contribution in [2.75, 3.05) is 20.1 Å². The van der Waals surface area contributed by atoms with Crippen LogP contribution >= 0.6 is 0 Å². The second-order valence-corrected chi connectivity index (χ2v) is 5.63. The molecule has 82 valence electrons. The molecule has 2 heteroatoms. The molecule has 0 amide bonds. The quantitative estimate of drug-likeness (QED) is 0.641. The minimum atomic E-state index is -0.0403. The van der Waals surface area contributed by atoms with Gasteiger partial charge < -0.3 is 10.0 Å². The van der Waals surface area contributed by atoms with Gasteiger partial charge in [0.05, 0.1) is 6.10 Å². The normalized spacial score (nSPS) is 45.6. The Morgan fingerprint density at radius 3 is 2.79 bits per heavy atom. The third-order valence-corrected chi connectivity index (χ3v) is 4.07. The van der Waals surface area contributed by atoms with Gasteiger partial charge in [0, 0.05) is 18.5 Å². The lowest BCUT2D eigenvalue weighted by Gasteiger charge is -2.49. The number of aliphatic hydroxyl groups excluding tert-OH is 1. The molecule has 0 aromatic carbocycles. The summed E-state index contributed by atoms with van der Waals surface area (Å²) in [6.07, 6.45) is 6.00. The third kappa shape index (κ3) is 1.82. The number of rotatable bonds is 0. The summed E-state index contributed by atoms with van der Waals surface area (Å²) in [5.41, 5.74) is 0.241. The molecule has 14 heavy (non-hydrogen) atoms. The van der Waals surface area contributed by atoms with Gasteiger partial charge in [-0.1, -0.05) is 19.8 Å². The standard InChI is InChI=1S/C12H23NO/c1-10-7-12(9-13(2)8-10)6-4-3-5-11(12)14/h10-11,14H,3-9H2,1-2H3/t10-,11?,12-/m0/s1. The molecule has 3 atom stereocenters. The molecular formula is C12H23NO. The van der Waals surface area contributed by atoms with Crippen molar-refractivity contribution in [2.45, 2.75) is 45.1 Å². The summed E-state index contributed by atoms with van der Waals surface area (Å²) in [6.45, 7) is 4.63. The molecule has 1 spiro atoms. The second kappa shape index (κ2) is 3.82. The molecular weight excluding hydrogens is 174 g/mol. The van der Waals surface area contributed by atoms with Gasteiger partial charge in [-0.25, -0.2) is 0 Å². The molecule has 1 N–H and O–H groups in total. The van der Waals surface area contributed by atoms with Crippen molar-refractivity contribution >= 4 is 0 Å². The summed E-state index contributed by atoms with van der Waals surface area (Å²) in [4.78, 5) is 2.41. The van der Waals surface area contributed by atoms with E-state index >= 15 is 0 Å². The Balaban J connectivity index is 2.11. The summed E-state index contributed by atoms with van der Waals surface area (Å²) < 4.78 is 0. The molecule has 1 aliphatic carbocycles. The van der Waals surface area contributed by atoms with Crippen LogP contribution < -0.4 is 0 Å². The number of hydrogen-bond donors (Lipinski definition) is 1. The van der Waals surface area contributed by atoms with Crippen LogP contribution in [-0.4, -0.2) is 36.2 Å². The maximum atomic E-state index is 10.2. The molecule has 1 heterocycles. The van der Waals surface area contributed by atoms with Gasteiger partial charge in [-0.2, -0.15) is 0 Å². The Bertz CT molecular complexity index is 194. The van der Waals surface area contributed by atoms with E-state index in [9.17, 15) is 5.11 Å². The molecule has 0 aromatic heterocycles. The highest BCUT2D eigenvalue weighted by Gasteiger charge is 2.43. The average Bonchev–Trinajstić information content (AvgIpc) is 2.08. The second-order valence-electron chi connectivity index (χ2n) is 5.63. The van der Waals surface area contributed by atoms with Crippen molar-refractivity contribution in [3.63, 3.8) is 0 Å². The van der Waals surface area contributed by atoms with Crippen molar-refractivity contribution in [1.82, 2.24) is 4.90 Å². The molecule has 0 aromatic rings. The van der Waals surface area contributed by atoms with E-state index in [-0.39, 0.29) is 11.5 Å². The zero-order chi connectivity index (χ0) is 10.2. The predicted octanol–water partition coefficient (Wildman–Crippen LogP) is 1.88. The predicted molar refractivity (Wildman–Crippen MR) is 58.2 cm³/mol. The first-order chi connectivity index (χ1) is 6.62. The van der Waals surface area contributed by atoms with Gasteiger partial charge in [0.15, 0.2) is 0 Å². The van der Waals surface area contributed by atoms with Gasteiger partial charge in [0.2, 0.25) is 0 Å². The first kappa shape index (κ1) is 10.4. The van der Waals surface area contributed by atoms with E-state index in [1.54, 1.807) is 0 Å². The number of aliphatic hydroxyl groups is 1. The monoisotopic (exact) mass is 197 g/mol. The van der Waals surface area contributed by atoms with Gasteiger partial charge in [-0.05, 0) is 32.2 Å². The van der Waals surface area contributed by atoms with Crippen molar-refractivity contribution in [1.29, 1.82) is 0 Å². The van der Waals surface area contributed by atoms with Gasteiger partial charge in [0.25, 0.3) is 0 Å². The summed E-state index contributed by atoms with van der Waals surface area (Å²) in [7, 11) is 2.19. The van der Waals surface area contributed by atoms with Crippen LogP contribution in [0.1, 0.15) is 39.0 Å². The highest BCUT2D eigenvalue weighted by atomic mass is 16.3. The molecule has 1 aliphatic heterocycles.